The van der Waals surface area contributed by atoms with Crippen LogP contribution in [-0.2, 0) is 4.79 Å². The summed E-state index contributed by atoms with van der Waals surface area (Å²) in [5.41, 5.74) is 1.58. The standard InChI is InChI=1S/C22H20F3N3O3/c1-2-18(14-8-10-15(11-9-14)31-22(23,24)25)27-20(29)19-16-6-3-4-7-17(16)21(30)28(19)13-5-12-26/h3-4,6-11,18-19H,2,5,13H2,1H3,(H,27,29). The molecule has 2 aromatic carbocycles. The third kappa shape index (κ3) is 4.97. The second-order valence-electron chi connectivity index (χ2n) is 6.98. The fraction of sp³-hybridized carbons (Fsp3) is 0.318. The van der Waals surface area contributed by atoms with Gasteiger partial charge in [0.05, 0.1) is 18.5 Å². The molecule has 1 heterocycles. The quantitative estimate of drug-likeness (QED) is 0.710. The van der Waals surface area contributed by atoms with Gasteiger partial charge in [-0.1, -0.05) is 37.3 Å². The van der Waals surface area contributed by atoms with Gasteiger partial charge in [-0.05, 0) is 35.7 Å². The number of fused-ring (bicyclic) bond motifs is 1. The monoisotopic (exact) mass is 431 g/mol. The Morgan fingerprint density at radius 3 is 2.52 bits per heavy atom. The van der Waals surface area contributed by atoms with Crippen LogP contribution in [0.15, 0.2) is 48.5 Å². The number of nitrogens with zero attached hydrogens (tertiary/aromatic N) is 2. The molecule has 1 aliphatic rings. The van der Waals surface area contributed by atoms with Gasteiger partial charge in [0.1, 0.15) is 11.8 Å². The van der Waals surface area contributed by atoms with Crippen molar-refractivity contribution in [3.05, 3.63) is 65.2 Å². The Morgan fingerprint density at radius 2 is 1.90 bits per heavy atom. The summed E-state index contributed by atoms with van der Waals surface area (Å²) in [5.74, 6) is -1.08. The van der Waals surface area contributed by atoms with E-state index in [1.807, 2.05) is 13.0 Å². The van der Waals surface area contributed by atoms with Crippen LogP contribution < -0.4 is 10.1 Å². The number of nitrogens with one attached hydrogen (secondary N) is 1. The Kier molecular flexibility index (Phi) is 6.49. The molecule has 0 spiro atoms. The van der Waals surface area contributed by atoms with E-state index in [-0.39, 0.29) is 24.6 Å². The van der Waals surface area contributed by atoms with Crippen molar-refractivity contribution in [3.63, 3.8) is 0 Å². The molecule has 0 saturated heterocycles. The van der Waals surface area contributed by atoms with Gasteiger partial charge in [-0.15, -0.1) is 13.2 Å². The van der Waals surface area contributed by atoms with E-state index in [0.29, 0.717) is 23.1 Å². The average molecular weight is 431 g/mol. The van der Waals surface area contributed by atoms with Gasteiger partial charge in [-0.2, -0.15) is 5.26 Å². The first-order chi connectivity index (χ1) is 14.7. The third-order valence-corrected chi connectivity index (χ3v) is 5.01. The molecular formula is C22H20F3N3O3. The molecule has 9 heteroatoms. The number of benzene rings is 2. The minimum Gasteiger partial charge on any atom is -0.406 e. The number of hydrogen-bond acceptors (Lipinski definition) is 4. The number of carbonyl (C=O) groups excluding carboxylic acids is 2. The Labute approximate surface area is 177 Å². The highest BCUT2D eigenvalue weighted by Crippen LogP contribution is 2.34. The topological polar surface area (TPSA) is 82.4 Å². The first-order valence-corrected chi connectivity index (χ1v) is 9.68. The highest BCUT2D eigenvalue weighted by molar-refractivity contribution is 6.04. The molecule has 0 saturated carbocycles. The first kappa shape index (κ1) is 22.2. The molecule has 2 atom stereocenters. The molecule has 2 aromatic rings. The van der Waals surface area contributed by atoms with Gasteiger partial charge in [-0.3, -0.25) is 9.59 Å². The van der Waals surface area contributed by atoms with E-state index in [4.69, 9.17) is 5.26 Å². The number of carbonyl (C=O) groups is 2. The van der Waals surface area contributed by atoms with Crippen molar-refractivity contribution in [2.24, 2.45) is 0 Å². The van der Waals surface area contributed by atoms with Crippen molar-refractivity contribution >= 4 is 11.8 Å². The normalized spacial score (nSPS) is 16.4. The van der Waals surface area contributed by atoms with Crippen molar-refractivity contribution in [2.75, 3.05) is 6.54 Å². The summed E-state index contributed by atoms with van der Waals surface area (Å²) in [5, 5.41) is 11.8. The first-order valence-electron chi connectivity index (χ1n) is 9.68. The second kappa shape index (κ2) is 9.08. The van der Waals surface area contributed by atoms with Gasteiger partial charge in [-0.25, -0.2) is 0 Å². The molecule has 3 rings (SSSR count). The van der Waals surface area contributed by atoms with Gasteiger partial charge in [0.2, 0.25) is 5.91 Å². The van der Waals surface area contributed by atoms with Crippen LogP contribution in [0, 0.1) is 11.3 Å². The summed E-state index contributed by atoms with van der Waals surface area (Å²) in [6, 6.07) is 12.7. The van der Waals surface area contributed by atoms with Crippen LogP contribution in [-0.4, -0.2) is 29.6 Å². The van der Waals surface area contributed by atoms with E-state index in [0.717, 1.165) is 0 Å². The van der Waals surface area contributed by atoms with Crippen molar-refractivity contribution in [1.82, 2.24) is 10.2 Å². The van der Waals surface area contributed by atoms with Gasteiger partial charge < -0.3 is 15.0 Å². The minimum absolute atomic E-state index is 0.0847. The van der Waals surface area contributed by atoms with Crippen LogP contribution in [0.2, 0.25) is 0 Å². The Balaban J connectivity index is 1.80. The van der Waals surface area contributed by atoms with Crippen molar-refractivity contribution < 1.29 is 27.5 Å². The molecule has 0 fully saturated rings. The molecule has 0 aliphatic carbocycles. The molecule has 6 nitrogen and oxygen atoms in total. The highest BCUT2D eigenvalue weighted by atomic mass is 19.4. The summed E-state index contributed by atoms with van der Waals surface area (Å²) in [6.07, 6.45) is -4.22. The predicted octanol–water partition coefficient (Wildman–Crippen LogP) is 4.26. The minimum atomic E-state index is -4.78. The lowest BCUT2D eigenvalue weighted by Crippen LogP contribution is -2.40. The van der Waals surface area contributed by atoms with Gasteiger partial charge in [0.25, 0.3) is 5.91 Å². The molecule has 2 unspecified atom stereocenters. The Hall–Kier alpha value is -3.54. The molecule has 1 aliphatic heterocycles. The van der Waals surface area contributed by atoms with E-state index >= 15 is 0 Å². The summed E-state index contributed by atoms with van der Waals surface area (Å²) in [4.78, 5) is 27.3. The number of rotatable bonds is 7. The van der Waals surface area contributed by atoms with Crippen molar-refractivity contribution in [2.45, 2.75) is 38.2 Å². The van der Waals surface area contributed by atoms with Gasteiger partial charge in [0.15, 0.2) is 0 Å². The lowest BCUT2D eigenvalue weighted by molar-refractivity contribution is -0.274. The van der Waals surface area contributed by atoms with Crippen LogP contribution >= 0.6 is 0 Å². The highest BCUT2D eigenvalue weighted by Gasteiger charge is 2.41. The fourth-order valence-corrected chi connectivity index (χ4v) is 3.63. The van der Waals surface area contributed by atoms with Gasteiger partial charge >= 0.3 is 6.36 Å². The Morgan fingerprint density at radius 1 is 1.23 bits per heavy atom. The number of nitriles is 1. The van der Waals surface area contributed by atoms with Crippen LogP contribution in [0.25, 0.3) is 0 Å². The molecule has 31 heavy (non-hydrogen) atoms. The fourth-order valence-electron chi connectivity index (χ4n) is 3.63. The van der Waals surface area contributed by atoms with Crippen LogP contribution in [0.4, 0.5) is 13.2 Å². The predicted molar refractivity (Wildman–Crippen MR) is 105 cm³/mol. The third-order valence-electron chi connectivity index (χ3n) is 5.01. The number of alkyl halides is 3. The van der Waals surface area contributed by atoms with E-state index < -0.39 is 24.4 Å². The number of amides is 2. The van der Waals surface area contributed by atoms with Gasteiger partial charge in [0, 0.05) is 12.1 Å². The lowest BCUT2D eigenvalue weighted by atomic mass is 10.0. The van der Waals surface area contributed by atoms with Crippen molar-refractivity contribution in [1.29, 1.82) is 5.26 Å². The number of halogens is 3. The van der Waals surface area contributed by atoms with E-state index in [9.17, 15) is 22.8 Å². The second-order valence-corrected chi connectivity index (χ2v) is 6.98. The average Bonchev–Trinajstić information content (AvgIpc) is 3.02. The maximum Gasteiger partial charge on any atom is 0.573 e. The maximum atomic E-state index is 13.2. The summed E-state index contributed by atoms with van der Waals surface area (Å²) < 4.78 is 41.0. The maximum absolute atomic E-state index is 13.2. The summed E-state index contributed by atoms with van der Waals surface area (Å²) in [7, 11) is 0. The van der Waals surface area contributed by atoms with Crippen LogP contribution in [0.5, 0.6) is 5.75 Å². The molecule has 1 N–H and O–H groups in total. The summed E-state index contributed by atoms with van der Waals surface area (Å²) >= 11 is 0. The zero-order chi connectivity index (χ0) is 22.6. The molecule has 2 amide bonds. The number of ether oxygens (including phenoxy) is 1. The number of hydrogen-bond donors (Lipinski definition) is 1. The van der Waals surface area contributed by atoms with Crippen LogP contribution in [0.1, 0.15) is 53.3 Å². The SMILES string of the molecule is CCC(NC(=O)C1c2ccccc2C(=O)N1CCC#N)c1ccc(OC(F)(F)F)cc1. The van der Waals surface area contributed by atoms with E-state index in [1.54, 1.807) is 24.3 Å². The van der Waals surface area contributed by atoms with E-state index in [1.165, 1.54) is 29.2 Å². The smallest absolute Gasteiger partial charge is 0.406 e. The molecule has 0 bridgehead atoms. The molecular weight excluding hydrogens is 411 g/mol. The zero-order valence-electron chi connectivity index (χ0n) is 16.6. The summed E-state index contributed by atoms with van der Waals surface area (Å²) in [6.45, 7) is 1.94. The molecule has 0 aromatic heterocycles. The molecule has 0 radical (unpaired) electrons. The van der Waals surface area contributed by atoms with Crippen LogP contribution in [0.3, 0.4) is 0 Å². The lowest BCUT2D eigenvalue weighted by Gasteiger charge is -2.26. The Bertz CT molecular complexity index is 1000. The zero-order valence-corrected chi connectivity index (χ0v) is 16.6. The van der Waals surface area contributed by atoms with Crippen molar-refractivity contribution in [3.8, 4) is 11.8 Å². The largest absolute Gasteiger partial charge is 0.573 e. The van der Waals surface area contributed by atoms with E-state index in [2.05, 4.69) is 10.1 Å². The molecule has 162 valence electrons.